The average molecular weight is 465 g/mol. The minimum absolute atomic E-state index is 0.0576. The summed E-state index contributed by atoms with van der Waals surface area (Å²) in [6.07, 6.45) is 0. The van der Waals surface area contributed by atoms with Gasteiger partial charge in [-0.25, -0.2) is 16.8 Å². The topological polar surface area (TPSA) is 109 Å². The number of rotatable bonds is 7. The van der Waals surface area contributed by atoms with Crippen molar-refractivity contribution in [3.63, 3.8) is 0 Å². The minimum Gasteiger partial charge on any atom is -0.295 e. The zero-order chi connectivity index (χ0) is 21.9. The number of ketones is 1. The number of hydrogen-bond acceptors (Lipinski definition) is 5. The molecule has 0 spiro atoms. The van der Waals surface area contributed by atoms with Gasteiger partial charge < -0.3 is 0 Å². The second kappa shape index (κ2) is 8.47. The number of Topliss-reactive ketones (excluding diaryl/α,β-unsaturated/α-hetero) is 1. The molecule has 0 radical (unpaired) electrons. The molecule has 3 rings (SSSR count). The van der Waals surface area contributed by atoms with Crippen molar-refractivity contribution in [3.8, 4) is 0 Å². The van der Waals surface area contributed by atoms with Gasteiger partial charge in [-0.1, -0.05) is 35.9 Å². The molecule has 0 aromatic heterocycles. The molecule has 0 heterocycles. The quantitative estimate of drug-likeness (QED) is 0.510. The Labute approximate surface area is 179 Å². The summed E-state index contributed by atoms with van der Waals surface area (Å²) < 4.78 is 55.2. The highest BCUT2D eigenvalue weighted by molar-refractivity contribution is 7.93. The molecule has 0 saturated heterocycles. The van der Waals surface area contributed by atoms with E-state index < -0.39 is 20.0 Å². The summed E-state index contributed by atoms with van der Waals surface area (Å²) in [5.41, 5.74) is 0.729. The molecule has 3 aromatic rings. The molecule has 0 bridgehead atoms. The summed E-state index contributed by atoms with van der Waals surface area (Å²) >= 11 is 5.87. The molecule has 7 nitrogen and oxygen atoms in total. The predicted octanol–water partition coefficient (Wildman–Crippen LogP) is 4.14. The highest BCUT2D eigenvalue weighted by Gasteiger charge is 2.18. The van der Waals surface area contributed by atoms with Crippen molar-refractivity contribution in [2.75, 3.05) is 9.44 Å². The van der Waals surface area contributed by atoms with Crippen molar-refractivity contribution in [2.45, 2.75) is 16.7 Å². The number of benzene rings is 3. The first kappa shape index (κ1) is 21.8. The van der Waals surface area contributed by atoms with Crippen molar-refractivity contribution >= 4 is 48.8 Å². The molecule has 0 saturated carbocycles. The van der Waals surface area contributed by atoms with Crippen LogP contribution in [-0.2, 0) is 20.0 Å². The van der Waals surface area contributed by atoms with Crippen molar-refractivity contribution < 1.29 is 21.6 Å². The van der Waals surface area contributed by atoms with Gasteiger partial charge in [0.05, 0.1) is 21.2 Å². The van der Waals surface area contributed by atoms with Crippen LogP contribution >= 0.6 is 11.6 Å². The van der Waals surface area contributed by atoms with Gasteiger partial charge in [-0.15, -0.1) is 0 Å². The summed E-state index contributed by atoms with van der Waals surface area (Å²) in [5, 5.41) is 0.368. The Kier molecular flexibility index (Phi) is 6.16. The Hall–Kier alpha value is -2.88. The van der Waals surface area contributed by atoms with E-state index in [0.717, 1.165) is 0 Å². The number of carbonyl (C=O) groups is 1. The summed E-state index contributed by atoms with van der Waals surface area (Å²) in [6, 6.07) is 17.0. The standard InChI is InChI=1S/C20H17ClN2O5S2/c1-14(24)15-8-10-19(11-9-15)29(25,26)23-18-6-3-7-20(13-18)30(27,28)22-17-5-2-4-16(21)12-17/h2-13,22-23H,1H3. The largest absolute Gasteiger partial charge is 0.295 e. The fourth-order valence-corrected chi connectivity index (χ4v) is 4.91. The molecule has 0 atom stereocenters. The molecule has 0 aliphatic rings. The van der Waals surface area contributed by atoms with Crippen molar-refractivity contribution in [2.24, 2.45) is 0 Å². The maximum Gasteiger partial charge on any atom is 0.261 e. The van der Waals surface area contributed by atoms with Gasteiger partial charge in [-0.3, -0.25) is 14.2 Å². The Morgan fingerprint density at radius 3 is 1.83 bits per heavy atom. The van der Waals surface area contributed by atoms with Gasteiger partial charge in [-0.2, -0.15) is 0 Å². The number of carbonyl (C=O) groups excluding carboxylic acids is 1. The first-order valence-electron chi connectivity index (χ1n) is 8.59. The summed E-state index contributed by atoms with van der Waals surface area (Å²) in [7, 11) is -7.95. The van der Waals surface area contributed by atoms with Crippen molar-refractivity contribution in [1.29, 1.82) is 0 Å². The third-order valence-electron chi connectivity index (χ3n) is 4.04. The van der Waals surface area contributed by atoms with E-state index in [1.165, 1.54) is 61.5 Å². The second-order valence-corrected chi connectivity index (χ2v) is 10.1. The van der Waals surface area contributed by atoms with Crippen LogP contribution in [0, 0.1) is 0 Å². The molecular weight excluding hydrogens is 448 g/mol. The van der Waals surface area contributed by atoms with Crippen LogP contribution in [-0.4, -0.2) is 22.6 Å². The van der Waals surface area contributed by atoms with Crippen LogP contribution in [0.5, 0.6) is 0 Å². The molecule has 3 aromatic carbocycles. The first-order valence-corrected chi connectivity index (χ1v) is 11.9. The molecule has 30 heavy (non-hydrogen) atoms. The Morgan fingerprint density at radius 1 is 0.733 bits per heavy atom. The molecule has 2 N–H and O–H groups in total. The van der Waals surface area contributed by atoms with E-state index in [0.29, 0.717) is 10.6 Å². The van der Waals surface area contributed by atoms with E-state index in [4.69, 9.17) is 11.6 Å². The molecule has 156 valence electrons. The predicted molar refractivity (Wildman–Crippen MR) is 116 cm³/mol. The SMILES string of the molecule is CC(=O)c1ccc(S(=O)(=O)Nc2cccc(S(=O)(=O)Nc3cccc(Cl)c3)c2)cc1. The number of anilines is 2. The Balaban J connectivity index is 1.85. The van der Waals surface area contributed by atoms with Gasteiger partial charge in [0.15, 0.2) is 5.78 Å². The van der Waals surface area contributed by atoms with Gasteiger partial charge in [0, 0.05) is 10.6 Å². The van der Waals surface area contributed by atoms with Crippen LogP contribution in [0.4, 0.5) is 11.4 Å². The van der Waals surface area contributed by atoms with E-state index in [2.05, 4.69) is 9.44 Å². The maximum absolute atomic E-state index is 12.6. The third kappa shape index (κ3) is 5.18. The molecule has 0 unspecified atom stereocenters. The molecule has 0 aliphatic carbocycles. The van der Waals surface area contributed by atoms with E-state index in [9.17, 15) is 21.6 Å². The lowest BCUT2D eigenvalue weighted by Crippen LogP contribution is -2.15. The van der Waals surface area contributed by atoms with Crippen molar-refractivity contribution in [3.05, 3.63) is 83.4 Å². The number of halogens is 1. The van der Waals surface area contributed by atoms with Crippen LogP contribution in [0.25, 0.3) is 0 Å². The van der Waals surface area contributed by atoms with E-state index in [-0.39, 0.29) is 26.9 Å². The highest BCUT2D eigenvalue weighted by Crippen LogP contribution is 2.23. The average Bonchev–Trinajstić information content (AvgIpc) is 2.67. The maximum atomic E-state index is 12.6. The number of nitrogens with one attached hydrogen (secondary N) is 2. The van der Waals surface area contributed by atoms with Crippen molar-refractivity contribution in [1.82, 2.24) is 0 Å². The van der Waals surface area contributed by atoms with E-state index in [1.54, 1.807) is 18.2 Å². The molecule has 0 aliphatic heterocycles. The summed E-state index contributed by atoms with van der Waals surface area (Å²) in [4.78, 5) is 11.2. The lowest BCUT2D eigenvalue weighted by atomic mass is 10.2. The smallest absolute Gasteiger partial charge is 0.261 e. The minimum atomic E-state index is -3.98. The zero-order valence-electron chi connectivity index (χ0n) is 15.7. The van der Waals surface area contributed by atoms with Gasteiger partial charge >= 0.3 is 0 Å². The van der Waals surface area contributed by atoms with Gasteiger partial charge in [-0.05, 0) is 55.5 Å². The Bertz CT molecular complexity index is 1310. The fourth-order valence-electron chi connectivity index (χ4n) is 2.58. The fraction of sp³-hybridized carbons (Fsp3) is 0.0500. The molecular formula is C20H17ClN2O5S2. The lowest BCUT2D eigenvalue weighted by molar-refractivity contribution is 0.101. The Morgan fingerprint density at radius 2 is 1.27 bits per heavy atom. The van der Waals surface area contributed by atoms with Crippen LogP contribution < -0.4 is 9.44 Å². The molecule has 0 amide bonds. The van der Waals surface area contributed by atoms with Crippen LogP contribution in [0.3, 0.4) is 0 Å². The van der Waals surface area contributed by atoms with Gasteiger partial charge in [0.2, 0.25) is 0 Å². The van der Waals surface area contributed by atoms with Gasteiger partial charge in [0.25, 0.3) is 20.0 Å². The molecule has 10 heteroatoms. The first-order chi connectivity index (χ1) is 14.1. The number of sulfonamides is 2. The lowest BCUT2D eigenvalue weighted by Gasteiger charge is -2.12. The van der Waals surface area contributed by atoms with E-state index in [1.807, 2.05) is 0 Å². The summed E-state index contributed by atoms with van der Waals surface area (Å²) in [5.74, 6) is -0.183. The zero-order valence-corrected chi connectivity index (χ0v) is 18.1. The van der Waals surface area contributed by atoms with Crippen LogP contribution in [0.2, 0.25) is 5.02 Å². The number of hydrogen-bond donors (Lipinski definition) is 2. The normalized spacial score (nSPS) is 11.7. The second-order valence-electron chi connectivity index (χ2n) is 6.33. The third-order valence-corrected chi connectivity index (χ3v) is 7.06. The molecule has 0 fully saturated rings. The summed E-state index contributed by atoms with van der Waals surface area (Å²) in [6.45, 7) is 1.38. The highest BCUT2D eigenvalue weighted by atomic mass is 35.5. The van der Waals surface area contributed by atoms with Gasteiger partial charge in [0.1, 0.15) is 0 Å². The van der Waals surface area contributed by atoms with Crippen LogP contribution in [0.1, 0.15) is 17.3 Å². The monoisotopic (exact) mass is 464 g/mol. The van der Waals surface area contributed by atoms with E-state index >= 15 is 0 Å². The van der Waals surface area contributed by atoms with Crippen LogP contribution in [0.15, 0.2) is 82.6 Å².